The Labute approximate surface area is 122 Å². The lowest BCUT2D eigenvalue weighted by Crippen LogP contribution is -2.20. The zero-order valence-electron chi connectivity index (χ0n) is 13.0. The Balaban J connectivity index is 2.57. The first-order chi connectivity index (χ1) is 9.50. The van der Waals surface area contributed by atoms with Gasteiger partial charge in [0, 0.05) is 11.1 Å². The van der Waals surface area contributed by atoms with Crippen LogP contribution in [0.25, 0.3) is 0 Å². The van der Waals surface area contributed by atoms with Gasteiger partial charge in [-0.25, -0.2) is 0 Å². The molecular formula is C19H25N. The second-order valence-electron chi connectivity index (χ2n) is 5.91. The first-order valence-electron chi connectivity index (χ1n) is 7.48. The number of nitrogens with two attached hydrogens (primary N) is 1. The molecule has 0 atom stereocenters. The van der Waals surface area contributed by atoms with Crippen molar-refractivity contribution in [3.63, 3.8) is 0 Å². The molecule has 0 spiro atoms. The third kappa shape index (κ3) is 2.58. The topological polar surface area (TPSA) is 26.0 Å². The molecule has 0 bridgehead atoms. The maximum Gasteiger partial charge on any atom is 0.0379 e. The van der Waals surface area contributed by atoms with Crippen LogP contribution in [0, 0.1) is 0 Å². The number of hydrogen-bond donors (Lipinski definition) is 1. The van der Waals surface area contributed by atoms with Gasteiger partial charge in [0.05, 0.1) is 0 Å². The van der Waals surface area contributed by atoms with E-state index in [0.29, 0.717) is 0 Å². The van der Waals surface area contributed by atoms with E-state index < -0.39 is 0 Å². The van der Waals surface area contributed by atoms with Crippen LogP contribution in [-0.4, -0.2) is 0 Å². The van der Waals surface area contributed by atoms with E-state index in [2.05, 4.69) is 70.2 Å². The molecule has 0 aliphatic rings. The van der Waals surface area contributed by atoms with Crippen molar-refractivity contribution in [2.75, 3.05) is 5.73 Å². The van der Waals surface area contributed by atoms with E-state index >= 15 is 0 Å². The van der Waals surface area contributed by atoms with E-state index in [9.17, 15) is 0 Å². The van der Waals surface area contributed by atoms with Gasteiger partial charge in [-0.1, -0.05) is 70.2 Å². The number of anilines is 1. The predicted molar refractivity (Wildman–Crippen MR) is 88.2 cm³/mol. The van der Waals surface area contributed by atoms with Crippen molar-refractivity contribution < 1.29 is 0 Å². The predicted octanol–water partition coefficient (Wildman–Crippen LogP) is 4.72. The van der Waals surface area contributed by atoms with Gasteiger partial charge in [0.2, 0.25) is 0 Å². The second kappa shape index (κ2) is 5.70. The molecule has 0 aliphatic carbocycles. The van der Waals surface area contributed by atoms with E-state index in [1.807, 2.05) is 0 Å². The van der Waals surface area contributed by atoms with Crippen molar-refractivity contribution in [1.82, 2.24) is 0 Å². The molecule has 0 saturated heterocycles. The third-order valence-electron chi connectivity index (χ3n) is 4.33. The van der Waals surface area contributed by atoms with Gasteiger partial charge in [-0.05, 0) is 35.1 Å². The van der Waals surface area contributed by atoms with Crippen LogP contribution in [0.1, 0.15) is 49.9 Å². The van der Waals surface area contributed by atoms with Crippen molar-refractivity contribution >= 4 is 5.69 Å². The maximum absolute atomic E-state index is 6.26. The fraction of sp³-hybridized carbons (Fsp3) is 0.368. The number of benzene rings is 2. The Morgan fingerprint density at radius 2 is 1.35 bits per heavy atom. The minimum Gasteiger partial charge on any atom is -0.398 e. The summed E-state index contributed by atoms with van der Waals surface area (Å²) in [6, 6.07) is 15.2. The zero-order valence-corrected chi connectivity index (χ0v) is 13.0. The summed E-state index contributed by atoms with van der Waals surface area (Å²) < 4.78 is 0. The molecule has 0 saturated carbocycles. The fourth-order valence-electron chi connectivity index (χ4n) is 2.75. The molecule has 106 valence electrons. The van der Waals surface area contributed by atoms with Gasteiger partial charge in [-0.15, -0.1) is 0 Å². The highest BCUT2D eigenvalue weighted by atomic mass is 14.6. The first-order valence-corrected chi connectivity index (χ1v) is 7.48. The quantitative estimate of drug-likeness (QED) is 0.797. The summed E-state index contributed by atoms with van der Waals surface area (Å²) in [5.74, 6) is 0. The first kappa shape index (κ1) is 14.6. The Morgan fingerprint density at radius 3 is 1.80 bits per heavy atom. The van der Waals surface area contributed by atoms with Crippen molar-refractivity contribution in [3.8, 4) is 0 Å². The van der Waals surface area contributed by atoms with Crippen LogP contribution in [-0.2, 0) is 18.3 Å². The second-order valence-corrected chi connectivity index (χ2v) is 5.91. The normalized spacial score (nSPS) is 11.6. The molecule has 0 aliphatic heterocycles. The van der Waals surface area contributed by atoms with E-state index in [-0.39, 0.29) is 5.41 Å². The molecule has 0 aromatic heterocycles. The van der Waals surface area contributed by atoms with E-state index in [0.717, 1.165) is 18.5 Å². The smallest absolute Gasteiger partial charge is 0.0379 e. The molecule has 2 rings (SSSR count). The van der Waals surface area contributed by atoms with Crippen LogP contribution in [0.15, 0.2) is 42.5 Å². The van der Waals surface area contributed by atoms with Gasteiger partial charge in [0.1, 0.15) is 0 Å². The molecule has 1 nitrogen and oxygen atoms in total. The lowest BCUT2D eigenvalue weighted by atomic mass is 9.76. The molecule has 0 radical (unpaired) electrons. The van der Waals surface area contributed by atoms with Crippen LogP contribution >= 0.6 is 0 Å². The Bertz CT molecular complexity index is 557. The molecule has 0 unspecified atom stereocenters. The number of rotatable bonds is 4. The molecule has 0 fully saturated rings. The molecule has 20 heavy (non-hydrogen) atoms. The lowest BCUT2D eigenvalue weighted by Gasteiger charge is -2.28. The summed E-state index contributed by atoms with van der Waals surface area (Å²) in [7, 11) is 0. The van der Waals surface area contributed by atoms with Gasteiger partial charge in [-0.3, -0.25) is 0 Å². The van der Waals surface area contributed by atoms with Crippen molar-refractivity contribution in [2.24, 2.45) is 0 Å². The minimum atomic E-state index is 0.00278. The largest absolute Gasteiger partial charge is 0.398 e. The molecule has 2 aromatic carbocycles. The van der Waals surface area contributed by atoms with E-state index in [4.69, 9.17) is 5.73 Å². The summed E-state index contributed by atoms with van der Waals surface area (Å²) in [6.07, 6.45) is 1.97. The highest BCUT2D eigenvalue weighted by molar-refractivity contribution is 5.58. The van der Waals surface area contributed by atoms with Crippen molar-refractivity contribution in [3.05, 3.63) is 64.7 Å². The fourth-order valence-corrected chi connectivity index (χ4v) is 2.75. The summed E-state index contributed by atoms with van der Waals surface area (Å²) in [5, 5.41) is 0. The summed E-state index contributed by atoms with van der Waals surface area (Å²) in [5.41, 5.74) is 12.5. The van der Waals surface area contributed by atoms with Crippen molar-refractivity contribution in [1.29, 1.82) is 0 Å². The summed E-state index contributed by atoms with van der Waals surface area (Å²) in [6.45, 7) is 8.91. The van der Waals surface area contributed by atoms with Crippen molar-refractivity contribution in [2.45, 2.75) is 46.0 Å². The summed E-state index contributed by atoms with van der Waals surface area (Å²) >= 11 is 0. The Morgan fingerprint density at radius 1 is 0.850 bits per heavy atom. The van der Waals surface area contributed by atoms with Crippen LogP contribution < -0.4 is 5.73 Å². The highest BCUT2D eigenvalue weighted by Crippen LogP contribution is 2.34. The average molecular weight is 267 g/mol. The number of hydrogen-bond acceptors (Lipinski definition) is 1. The molecule has 1 heteroatoms. The van der Waals surface area contributed by atoms with Gasteiger partial charge in [0.25, 0.3) is 0 Å². The highest BCUT2D eigenvalue weighted by Gasteiger charge is 2.24. The SMILES string of the molecule is CCc1cc(C(C)(C)c2ccccc2)cc(CC)c1N. The lowest BCUT2D eigenvalue weighted by molar-refractivity contribution is 0.638. The zero-order chi connectivity index (χ0) is 14.8. The molecule has 0 heterocycles. The van der Waals surface area contributed by atoms with Crippen LogP contribution in [0.3, 0.4) is 0 Å². The van der Waals surface area contributed by atoms with E-state index in [1.165, 1.54) is 22.3 Å². The molecular weight excluding hydrogens is 242 g/mol. The van der Waals surface area contributed by atoms with Gasteiger partial charge in [-0.2, -0.15) is 0 Å². The molecule has 2 N–H and O–H groups in total. The monoisotopic (exact) mass is 267 g/mol. The Hall–Kier alpha value is -1.76. The number of nitrogen functional groups attached to an aromatic ring is 1. The summed E-state index contributed by atoms with van der Waals surface area (Å²) in [4.78, 5) is 0. The third-order valence-corrected chi connectivity index (χ3v) is 4.33. The van der Waals surface area contributed by atoms with Gasteiger partial charge < -0.3 is 5.73 Å². The molecule has 0 amide bonds. The molecule has 2 aromatic rings. The number of aryl methyl sites for hydroxylation is 2. The average Bonchev–Trinajstić information content (AvgIpc) is 2.48. The standard InChI is InChI=1S/C19H25N/c1-5-14-12-17(13-15(6-2)18(14)20)19(3,4)16-10-8-7-9-11-16/h7-13H,5-6,20H2,1-4H3. The van der Waals surface area contributed by atoms with Gasteiger partial charge in [0.15, 0.2) is 0 Å². The maximum atomic E-state index is 6.26. The van der Waals surface area contributed by atoms with Crippen LogP contribution in [0.2, 0.25) is 0 Å². The Kier molecular flexibility index (Phi) is 4.17. The minimum absolute atomic E-state index is 0.00278. The van der Waals surface area contributed by atoms with Crippen LogP contribution in [0.4, 0.5) is 5.69 Å². The van der Waals surface area contributed by atoms with Crippen LogP contribution in [0.5, 0.6) is 0 Å². The van der Waals surface area contributed by atoms with Gasteiger partial charge >= 0.3 is 0 Å². The van der Waals surface area contributed by atoms with E-state index in [1.54, 1.807) is 0 Å².